The van der Waals surface area contributed by atoms with Crippen molar-refractivity contribution in [2.24, 2.45) is 0 Å². The summed E-state index contributed by atoms with van der Waals surface area (Å²) in [5, 5.41) is 18.3. The van der Waals surface area contributed by atoms with Crippen LogP contribution in [0.25, 0.3) is 6.08 Å². The van der Waals surface area contributed by atoms with Crippen LogP contribution in [0.15, 0.2) is 89.5 Å². The van der Waals surface area contributed by atoms with Gasteiger partial charge in [-0.1, -0.05) is 43.3 Å². The molecule has 1 aliphatic rings. The third-order valence-corrected chi connectivity index (χ3v) is 10.1. The van der Waals surface area contributed by atoms with Gasteiger partial charge in [-0.15, -0.1) is 23.1 Å². The summed E-state index contributed by atoms with van der Waals surface area (Å²) >= 11 is 2.64. The Morgan fingerprint density at radius 3 is 2.48 bits per heavy atom. The molecule has 0 spiro atoms. The van der Waals surface area contributed by atoms with E-state index in [1.165, 1.54) is 60.4 Å². The Bertz CT molecular complexity index is 1920. The van der Waals surface area contributed by atoms with Crippen LogP contribution in [0, 0.1) is 17.1 Å². The molecule has 0 bridgehead atoms. The summed E-state index contributed by atoms with van der Waals surface area (Å²) in [5.74, 6) is -1.80. The van der Waals surface area contributed by atoms with E-state index in [2.05, 4.69) is 22.0 Å². The van der Waals surface area contributed by atoms with Gasteiger partial charge >= 0.3 is 0 Å². The molecular weight excluding hydrogens is 650 g/mol. The molecule has 1 aromatic heterocycles. The molecule has 4 amide bonds. The van der Waals surface area contributed by atoms with Crippen LogP contribution >= 0.6 is 23.1 Å². The molecule has 3 aromatic carbocycles. The van der Waals surface area contributed by atoms with Gasteiger partial charge in [-0.2, -0.15) is 5.26 Å². The largest absolute Gasteiger partial charge is 0.337 e. The number of hydrogen-bond acceptors (Lipinski definition) is 7. The molecule has 48 heavy (non-hydrogen) atoms. The maximum absolute atomic E-state index is 13.5. The number of thioether (sulfide) groups is 1. The van der Waals surface area contributed by atoms with E-state index in [-0.39, 0.29) is 17.5 Å². The molecule has 5 rings (SSSR count). The Hall–Kier alpha value is -5.25. The van der Waals surface area contributed by atoms with Gasteiger partial charge in [0.2, 0.25) is 11.8 Å². The summed E-state index contributed by atoms with van der Waals surface area (Å²) in [6, 6.07) is 23.2. The first-order valence-electron chi connectivity index (χ1n) is 15.2. The van der Waals surface area contributed by atoms with E-state index in [1.54, 1.807) is 53.4 Å². The normalized spacial score (nSPS) is 13.1. The lowest BCUT2D eigenvalue weighted by molar-refractivity contribution is -0.129. The first-order valence-corrected chi connectivity index (χ1v) is 16.9. The van der Waals surface area contributed by atoms with E-state index >= 15 is 0 Å². The summed E-state index contributed by atoms with van der Waals surface area (Å²) in [5.41, 5.74) is 2.59. The van der Waals surface area contributed by atoms with Gasteiger partial charge in [-0.3, -0.25) is 19.2 Å². The van der Waals surface area contributed by atoms with Gasteiger partial charge in [0.25, 0.3) is 11.8 Å². The van der Waals surface area contributed by atoms with Crippen molar-refractivity contribution in [3.63, 3.8) is 0 Å². The number of halogens is 1. The Labute approximate surface area is 285 Å². The maximum Gasteiger partial charge on any atom is 0.272 e. The smallest absolute Gasteiger partial charge is 0.272 e. The number of amides is 4. The fraction of sp³-hybridized carbons (Fsp3) is 0.194. The summed E-state index contributed by atoms with van der Waals surface area (Å²) in [4.78, 5) is 55.1. The summed E-state index contributed by atoms with van der Waals surface area (Å²) < 4.78 is 13.5. The lowest BCUT2D eigenvalue weighted by atomic mass is 10.0. The van der Waals surface area contributed by atoms with Crippen molar-refractivity contribution >= 4 is 63.5 Å². The van der Waals surface area contributed by atoms with Gasteiger partial charge in [0.05, 0.1) is 17.4 Å². The minimum absolute atomic E-state index is 0.0314. The van der Waals surface area contributed by atoms with Gasteiger partial charge < -0.3 is 20.9 Å². The highest BCUT2D eigenvalue weighted by Gasteiger charge is 2.28. The Kier molecular flexibility index (Phi) is 11.1. The maximum atomic E-state index is 13.5. The molecule has 0 aliphatic carbocycles. The van der Waals surface area contributed by atoms with Crippen LogP contribution in [0.1, 0.15) is 52.2 Å². The second-order valence-electron chi connectivity index (χ2n) is 10.9. The number of nitrogens with one attached hydrogen (secondary N) is 3. The van der Waals surface area contributed by atoms with Crippen LogP contribution in [-0.4, -0.2) is 40.3 Å². The SMILES string of the molecule is CCC(Sc1cccc(NC(=O)/C(=C\c2ccc(F)cc2)NC(=O)c2ccccc2)c1)C(=O)Nc1sc2c(c1C#N)CCN(C(C)=O)C2. The molecule has 244 valence electrons. The van der Waals surface area contributed by atoms with Crippen LogP contribution in [0.4, 0.5) is 15.1 Å². The van der Waals surface area contributed by atoms with E-state index in [4.69, 9.17) is 0 Å². The van der Waals surface area contributed by atoms with Crippen LogP contribution in [0.2, 0.25) is 0 Å². The molecule has 12 heteroatoms. The van der Waals surface area contributed by atoms with Crippen LogP contribution < -0.4 is 16.0 Å². The van der Waals surface area contributed by atoms with Crippen LogP contribution in [-0.2, 0) is 27.3 Å². The minimum Gasteiger partial charge on any atom is -0.337 e. The molecule has 9 nitrogen and oxygen atoms in total. The molecule has 3 N–H and O–H groups in total. The number of benzene rings is 3. The van der Waals surface area contributed by atoms with Crippen molar-refractivity contribution in [3.05, 3.63) is 118 Å². The van der Waals surface area contributed by atoms with E-state index in [1.807, 2.05) is 13.0 Å². The molecule has 0 saturated carbocycles. The first kappa shape index (κ1) is 34.1. The lowest BCUT2D eigenvalue weighted by Gasteiger charge is -2.25. The number of fused-ring (bicyclic) bond motifs is 1. The molecule has 1 atom stereocenters. The van der Waals surface area contributed by atoms with Gasteiger partial charge in [0, 0.05) is 34.5 Å². The molecule has 4 aromatic rings. The predicted octanol–water partition coefficient (Wildman–Crippen LogP) is 6.58. The Morgan fingerprint density at radius 2 is 1.79 bits per heavy atom. The second kappa shape index (κ2) is 15.6. The monoisotopic (exact) mass is 681 g/mol. The van der Waals surface area contributed by atoms with Crippen molar-refractivity contribution in [2.45, 2.75) is 43.4 Å². The molecular formula is C36H32FN5O4S2. The number of hydrogen-bond donors (Lipinski definition) is 3. The average Bonchev–Trinajstić information content (AvgIpc) is 3.44. The van der Waals surface area contributed by atoms with E-state index < -0.39 is 22.9 Å². The zero-order valence-corrected chi connectivity index (χ0v) is 27.8. The molecule has 0 fully saturated rings. The second-order valence-corrected chi connectivity index (χ2v) is 13.3. The van der Waals surface area contributed by atoms with E-state index in [0.717, 1.165) is 15.3 Å². The van der Waals surface area contributed by atoms with Crippen molar-refractivity contribution in [2.75, 3.05) is 17.2 Å². The van der Waals surface area contributed by atoms with Crippen molar-refractivity contribution in [1.29, 1.82) is 5.26 Å². The predicted molar refractivity (Wildman–Crippen MR) is 186 cm³/mol. The quantitative estimate of drug-likeness (QED) is 0.128. The number of rotatable bonds is 10. The average molecular weight is 682 g/mol. The van der Waals surface area contributed by atoms with E-state index in [9.17, 15) is 28.8 Å². The number of nitrogens with zero attached hydrogens (tertiary/aromatic N) is 2. The molecule has 1 aliphatic heterocycles. The number of anilines is 2. The fourth-order valence-electron chi connectivity index (χ4n) is 5.07. The van der Waals surface area contributed by atoms with Crippen molar-refractivity contribution < 1.29 is 23.6 Å². The highest BCUT2D eigenvalue weighted by atomic mass is 32.2. The standard InChI is InChI=1S/C36H32FN5O4S2/c1-3-31(35(46)41-36-29(20-38)28-16-17-42(22(2)43)21-32(28)48-36)47-27-11-7-10-26(19-27)39-34(45)30(18-23-12-14-25(37)15-13-23)40-33(44)24-8-5-4-6-9-24/h4-15,18-19,31H,3,16-17,21H2,1-2H3,(H,39,45)(H,40,44)(H,41,46)/b30-18+. The number of carbonyl (C=O) groups is 4. The third kappa shape index (κ3) is 8.36. The van der Waals surface area contributed by atoms with Crippen LogP contribution in [0.5, 0.6) is 0 Å². The Morgan fingerprint density at radius 1 is 1.04 bits per heavy atom. The Balaban J connectivity index is 1.30. The summed E-state index contributed by atoms with van der Waals surface area (Å²) in [6.45, 7) is 4.36. The zero-order valence-electron chi connectivity index (χ0n) is 26.2. The highest BCUT2D eigenvalue weighted by molar-refractivity contribution is 8.00. The summed E-state index contributed by atoms with van der Waals surface area (Å²) in [6.07, 6.45) is 2.51. The van der Waals surface area contributed by atoms with E-state index in [0.29, 0.717) is 53.3 Å². The van der Waals surface area contributed by atoms with Gasteiger partial charge in [-0.25, -0.2) is 4.39 Å². The topological polar surface area (TPSA) is 131 Å². The first-order chi connectivity index (χ1) is 23.1. The molecule has 2 heterocycles. The molecule has 0 saturated heterocycles. The zero-order chi connectivity index (χ0) is 34.2. The number of thiophene rings is 1. The van der Waals surface area contributed by atoms with Gasteiger partial charge in [0.15, 0.2) is 0 Å². The van der Waals surface area contributed by atoms with Gasteiger partial charge in [0.1, 0.15) is 22.6 Å². The highest BCUT2D eigenvalue weighted by Crippen LogP contribution is 2.37. The van der Waals surface area contributed by atoms with Crippen molar-refractivity contribution in [3.8, 4) is 6.07 Å². The van der Waals surface area contributed by atoms with Crippen LogP contribution in [0.3, 0.4) is 0 Å². The number of carbonyl (C=O) groups excluding carboxylic acids is 4. The molecule has 1 unspecified atom stereocenters. The minimum atomic E-state index is -0.593. The lowest BCUT2D eigenvalue weighted by Crippen LogP contribution is -2.33. The third-order valence-electron chi connectivity index (χ3n) is 7.59. The molecule has 0 radical (unpaired) electrons. The fourth-order valence-corrected chi connectivity index (χ4v) is 7.30. The van der Waals surface area contributed by atoms with Crippen molar-refractivity contribution in [1.82, 2.24) is 10.2 Å². The van der Waals surface area contributed by atoms with Gasteiger partial charge in [-0.05, 0) is 72.5 Å². The summed E-state index contributed by atoms with van der Waals surface area (Å²) in [7, 11) is 0. The number of nitriles is 1.